The molecule has 28 heavy (non-hydrogen) atoms. The average Bonchev–Trinajstić information content (AvgIpc) is 3.25. The van der Waals surface area contributed by atoms with Gasteiger partial charge in [-0.2, -0.15) is 0 Å². The number of carbonyl (C=O) groups is 2. The van der Waals surface area contributed by atoms with Crippen LogP contribution in [0.2, 0.25) is 0 Å². The van der Waals surface area contributed by atoms with Crippen LogP contribution in [0.25, 0.3) is 0 Å². The summed E-state index contributed by atoms with van der Waals surface area (Å²) in [6.45, 7) is 10.5. The van der Waals surface area contributed by atoms with Crippen molar-refractivity contribution in [2.75, 3.05) is 32.8 Å². The van der Waals surface area contributed by atoms with Crippen LogP contribution in [0, 0.1) is 0 Å². The third-order valence-electron chi connectivity index (χ3n) is 4.42. The first-order chi connectivity index (χ1) is 13.3. The summed E-state index contributed by atoms with van der Waals surface area (Å²) in [5.41, 5.74) is -0.501. The Morgan fingerprint density at radius 1 is 1.32 bits per heavy atom. The molecule has 0 radical (unpaired) electrons. The normalized spacial score (nSPS) is 19.1. The molecule has 0 spiro atoms. The lowest BCUT2D eigenvalue weighted by atomic mass is 10.2. The van der Waals surface area contributed by atoms with Crippen LogP contribution < -0.4 is 5.32 Å². The summed E-state index contributed by atoms with van der Waals surface area (Å²) >= 11 is 0. The van der Waals surface area contributed by atoms with Crippen LogP contribution >= 0.6 is 0 Å². The molecule has 0 aromatic carbocycles. The first kappa shape index (κ1) is 20.0. The van der Waals surface area contributed by atoms with Gasteiger partial charge in [-0.05, 0) is 39.8 Å². The maximum Gasteiger partial charge on any atom is 0.410 e. The topological polar surface area (TPSA) is 96.6 Å². The molecule has 3 heterocycles. The van der Waals surface area contributed by atoms with E-state index in [2.05, 4.69) is 15.2 Å². The van der Waals surface area contributed by atoms with Crippen molar-refractivity contribution in [2.45, 2.75) is 45.9 Å². The molecule has 9 heteroatoms. The number of esters is 1. The Bertz CT molecular complexity index is 752. The summed E-state index contributed by atoms with van der Waals surface area (Å²) in [6, 6.07) is 3.48. The number of rotatable bonds is 4. The Balaban J connectivity index is 1.50. The van der Waals surface area contributed by atoms with Gasteiger partial charge in [-0.1, -0.05) is 0 Å². The number of nitrogens with zero attached hydrogens (tertiary/aromatic N) is 3. The lowest BCUT2D eigenvalue weighted by Gasteiger charge is -2.39. The van der Waals surface area contributed by atoms with Crippen molar-refractivity contribution in [1.82, 2.24) is 15.1 Å². The molecule has 1 atom stereocenters. The number of carbonyl (C=O) groups excluding carboxylic acids is 2. The summed E-state index contributed by atoms with van der Waals surface area (Å²) in [4.78, 5) is 32.4. The number of hydrogen-bond donors (Lipinski definition) is 1. The van der Waals surface area contributed by atoms with E-state index in [1.807, 2.05) is 20.8 Å². The molecule has 2 aliphatic rings. The fourth-order valence-corrected chi connectivity index (χ4v) is 3.17. The number of piperazine rings is 1. The predicted molar refractivity (Wildman–Crippen MR) is 102 cm³/mol. The number of aliphatic imine (C=N–C) groups is 1. The molecule has 1 aromatic rings. The van der Waals surface area contributed by atoms with Crippen molar-refractivity contribution in [2.24, 2.45) is 4.99 Å². The van der Waals surface area contributed by atoms with Crippen molar-refractivity contribution in [1.29, 1.82) is 0 Å². The number of furan rings is 1. The van der Waals surface area contributed by atoms with E-state index in [0.717, 1.165) is 5.96 Å². The van der Waals surface area contributed by atoms with Crippen molar-refractivity contribution in [3.8, 4) is 0 Å². The second-order valence-electron chi connectivity index (χ2n) is 7.78. The van der Waals surface area contributed by atoms with Gasteiger partial charge in [0.25, 0.3) is 0 Å². The number of guanidine groups is 1. The van der Waals surface area contributed by atoms with Crippen molar-refractivity contribution < 1.29 is 23.5 Å². The fraction of sp³-hybridized carbons (Fsp3) is 0.632. The van der Waals surface area contributed by atoms with Crippen LogP contribution in [-0.4, -0.2) is 72.3 Å². The predicted octanol–water partition coefficient (Wildman–Crippen LogP) is 1.84. The molecule has 154 valence electrons. The highest BCUT2D eigenvalue weighted by Crippen LogP contribution is 2.19. The van der Waals surface area contributed by atoms with Gasteiger partial charge in [0.2, 0.25) is 5.76 Å². The lowest BCUT2D eigenvalue weighted by molar-refractivity contribution is 0.0137. The van der Waals surface area contributed by atoms with Crippen molar-refractivity contribution in [3.63, 3.8) is 0 Å². The minimum absolute atomic E-state index is 0.135. The van der Waals surface area contributed by atoms with Gasteiger partial charge >= 0.3 is 12.1 Å². The number of ether oxygens (including phenoxy) is 2. The molecule has 1 saturated heterocycles. The molecule has 1 unspecified atom stereocenters. The van der Waals surface area contributed by atoms with Gasteiger partial charge in [-0.25, -0.2) is 9.59 Å². The van der Waals surface area contributed by atoms with Gasteiger partial charge in [0.05, 0.1) is 25.7 Å². The smallest absolute Gasteiger partial charge is 0.410 e. The van der Waals surface area contributed by atoms with E-state index in [9.17, 15) is 9.59 Å². The third-order valence-corrected chi connectivity index (χ3v) is 4.42. The molecular formula is C19H28N4O5. The first-order valence-electron chi connectivity index (χ1n) is 9.55. The molecule has 0 aliphatic carbocycles. The highest BCUT2D eigenvalue weighted by atomic mass is 16.6. The maximum atomic E-state index is 12.3. The largest absolute Gasteiger partial charge is 0.460 e. The first-order valence-corrected chi connectivity index (χ1v) is 9.55. The Morgan fingerprint density at radius 3 is 2.82 bits per heavy atom. The Labute approximate surface area is 164 Å². The van der Waals surface area contributed by atoms with Gasteiger partial charge in [0.15, 0.2) is 5.96 Å². The monoisotopic (exact) mass is 392 g/mol. The van der Waals surface area contributed by atoms with Gasteiger partial charge in [-0.15, -0.1) is 0 Å². The van der Waals surface area contributed by atoms with E-state index in [0.29, 0.717) is 45.1 Å². The summed E-state index contributed by atoms with van der Waals surface area (Å²) < 4.78 is 15.9. The third kappa shape index (κ3) is 4.76. The Kier molecular flexibility index (Phi) is 5.81. The van der Waals surface area contributed by atoms with Crippen LogP contribution in [0.1, 0.15) is 44.0 Å². The van der Waals surface area contributed by atoms with Gasteiger partial charge in [0, 0.05) is 19.6 Å². The zero-order chi connectivity index (χ0) is 20.3. The van der Waals surface area contributed by atoms with E-state index in [4.69, 9.17) is 13.9 Å². The average molecular weight is 392 g/mol. The molecule has 3 rings (SSSR count). The van der Waals surface area contributed by atoms with Crippen LogP contribution in [0.3, 0.4) is 0 Å². The molecule has 0 saturated carbocycles. The molecule has 1 fully saturated rings. The fourth-order valence-electron chi connectivity index (χ4n) is 3.17. The second-order valence-corrected chi connectivity index (χ2v) is 7.78. The number of fused-ring (bicyclic) bond motifs is 1. The van der Waals surface area contributed by atoms with E-state index in [1.165, 1.54) is 0 Å². The number of amides is 1. The molecular weight excluding hydrogens is 364 g/mol. The lowest BCUT2D eigenvalue weighted by Crippen LogP contribution is -2.57. The number of hydrogen-bond acceptors (Lipinski definition) is 8. The van der Waals surface area contributed by atoms with Crippen LogP contribution in [0.4, 0.5) is 4.79 Å². The van der Waals surface area contributed by atoms with E-state index in [-0.39, 0.29) is 17.9 Å². The SMILES string of the molecule is CCOC(=O)c1ccc(CNC2=NCC3CN(C(=O)OC(C)(C)C)CCN23)o1. The Hall–Kier alpha value is -2.71. The Morgan fingerprint density at radius 2 is 2.11 bits per heavy atom. The molecule has 1 N–H and O–H groups in total. The minimum atomic E-state index is -0.501. The quantitative estimate of drug-likeness (QED) is 0.781. The number of nitrogens with one attached hydrogen (secondary N) is 1. The highest BCUT2D eigenvalue weighted by Gasteiger charge is 2.36. The van der Waals surface area contributed by atoms with Crippen molar-refractivity contribution in [3.05, 3.63) is 23.7 Å². The molecule has 9 nitrogen and oxygen atoms in total. The summed E-state index contributed by atoms with van der Waals surface area (Å²) in [6.07, 6.45) is -0.282. The standard InChI is InChI=1S/C19H28N4O5/c1-5-26-16(24)15-7-6-14(27-15)11-21-17-20-10-13-12-22(8-9-23(13)17)18(25)28-19(2,3)4/h6-7,13H,5,8-12H2,1-4H3,(H,20,21). The summed E-state index contributed by atoms with van der Waals surface area (Å²) in [5, 5.41) is 3.26. The van der Waals surface area contributed by atoms with E-state index < -0.39 is 11.6 Å². The highest BCUT2D eigenvalue weighted by molar-refractivity contribution is 5.86. The maximum absolute atomic E-state index is 12.3. The minimum Gasteiger partial charge on any atom is -0.460 e. The van der Waals surface area contributed by atoms with Crippen molar-refractivity contribution >= 4 is 18.0 Å². The van der Waals surface area contributed by atoms with E-state index in [1.54, 1.807) is 24.0 Å². The molecule has 2 aliphatic heterocycles. The molecule has 0 bridgehead atoms. The van der Waals surface area contributed by atoms with Gasteiger partial charge in [-0.3, -0.25) is 4.99 Å². The van der Waals surface area contributed by atoms with Crippen LogP contribution in [0.15, 0.2) is 21.5 Å². The van der Waals surface area contributed by atoms with Gasteiger partial charge in [0.1, 0.15) is 11.4 Å². The molecule has 1 amide bonds. The van der Waals surface area contributed by atoms with Gasteiger partial charge < -0.3 is 29.0 Å². The zero-order valence-electron chi connectivity index (χ0n) is 16.9. The summed E-state index contributed by atoms with van der Waals surface area (Å²) in [7, 11) is 0. The zero-order valence-corrected chi connectivity index (χ0v) is 16.9. The second kappa shape index (κ2) is 8.12. The van der Waals surface area contributed by atoms with E-state index >= 15 is 0 Å². The van der Waals surface area contributed by atoms with Crippen LogP contribution in [0.5, 0.6) is 0 Å². The summed E-state index contributed by atoms with van der Waals surface area (Å²) in [5.74, 6) is 1.13. The molecule has 1 aromatic heterocycles. The van der Waals surface area contributed by atoms with Crippen LogP contribution in [-0.2, 0) is 16.0 Å².